The highest BCUT2D eigenvalue weighted by Gasteiger charge is 2.31. The number of benzene rings is 2. The van der Waals surface area contributed by atoms with Crippen molar-refractivity contribution in [3.8, 4) is 5.75 Å². The molecular weight excluding hydrogens is 419 g/mol. The van der Waals surface area contributed by atoms with Crippen molar-refractivity contribution in [2.24, 2.45) is 5.92 Å². The SMILES string of the molecule is CCOc1ccc(C(C)NC(=O)C2CCN(S(=O)(=O)Cc3ccc(F)cc3)CC2)cc1. The molecule has 3 rings (SSSR count). The molecule has 1 N–H and O–H groups in total. The number of hydrogen-bond donors (Lipinski definition) is 1. The van der Waals surface area contributed by atoms with Crippen molar-refractivity contribution in [3.05, 3.63) is 65.5 Å². The monoisotopic (exact) mass is 448 g/mol. The largest absolute Gasteiger partial charge is 0.494 e. The predicted octanol–water partition coefficient (Wildman–Crippen LogP) is 3.64. The van der Waals surface area contributed by atoms with Gasteiger partial charge in [0.15, 0.2) is 0 Å². The zero-order chi connectivity index (χ0) is 22.4. The quantitative estimate of drug-likeness (QED) is 0.669. The van der Waals surface area contributed by atoms with Crippen LogP contribution in [0.3, 0.4) is 0 Å². The number of carbonyl (C=O) groups is 1. The van der Waals surface area contributed by atoms with Crippen molar-refractivity contribution in [1.82, 2.24) is 9.62 Å². The Morgan fingerprint density at radius 1 is 1.13 bits per heavy atom. The molecule has 8 heteroatoms. The summed E-state index contributed by atoms with van der Waals surface area (Å²) < 4.78 is 45.3. The lowest BCUT2D eigenvalue weighted by atomic mass is 9.96. The molecule has 31 heavy (non-hydrogen) atoms. The number of hydrogen-bond acceptors (Lipinski definition) is 4. The van der Waals surface area contributed by atoms with E-state index in [-0.39, 0.29) is 23.6 Å². The molecule has 1 aliphatic rings. The average molecular weight is 449 g/mol. The lowest BCUT2D eigenvalue weighted by Gasteiger charge is -2.31. The second kappa shape index (κ2) is 10.2. The Kier molecular flexibility index (Phi) is 7.67. The molecular formula is C23H29FN2O4S. The van der Waals surface area contributed by atoms with Crippen LogP contribution < -0.4 is 10.1 Å². The Morgan fingerprint density at radius 2 is 1.74 bits per heavy atom. The fraction of sp³-hybridized carbons (Fsp3) is 0.435. The Hall–Kier alpha value is -2.45. The molecule has 6 nitrogen and oxygen atoms in total. The van der Waals surface area contributed by atoms with Crippen molar-refractivity contribution >= 4 is 15.9 Å². The van der Waals surface area contributed by atoms with Crippen molar-refractivity contribution in [2.75, 3.05) is 19.7 Å². The van der Waals surface area contributed by atoms with Gasteiger partial charge in [-0.2, -0.15) is 0 Å². The molecule has 0 spiro atoms. The first-order chi connectivity index (χ1) is 14.8. The molecule has 1 saturated heterocycles. The van der Waals surface area contributed by atoms with E-state index < -0.39 is 15.8 Å². The lowest BCUT2D eigenvalue weighted by Crippen LogP contribution is -2.43. The Balaban J connectivity index is 1.51. The molecule has 1 aliphatic heterocycles. The maximum atomic E-state index is 13.0. The minimum Gasteiger partial charge on any atom is -0.494 e. The summed E-state index contributed by atoms with van der Waals surface area (Å²) in [6.45, 7) is 5.06. The first-order valence-electron chi connectivity index (χ1n) is 10.5. The topological polar surface area (TPSA) is 75.7 Å². The summed E-state index contributed by atoms with van der Waals surface area (Å²) in [6.07, 6.45) is 0.953. The molecule has 2 aromatic rings. The zero-order valence-electron chi connectivity index (χ0n) is 17.9. The lowest BCUT2D eigenvalue weighted by molar-refractivity contribution is -0.126. The molecule has 168 valence electrons. The van der Waals surface area contributed by atoms with E-state index in [1.807, 2.05) is 38.1 Å². The standard InChI is InChI=1S/C23H29FN2O4S/c1-3-30-22-10-6-19(7-11-22)17(2)25-23(27)20-12-14-26(15-13-20)31(28,29)16-18-4-8-21(24)9-5-18/h4-11,17,20H,3,12-16H2,1-2H3,(H,25,27). The number of nitrogens with one attached hydrogen (secondary N) is 1. The average Bonchev–Trinajstić information content (AvgIpc) is 2.76. The highest BCUT2D eigenvalue weighted by atomic mass is 32.2. The third-order valence-corrected chi connectivity index (χ3v) is 7.38. The van der Waals surface area contributed by atoms with E-state index in [1.165, 1.54) is 28.6 Å². The van der Waals surface area contributed by atoms with E-state index in [9.17, 15) is 17.6 Å². The summed E-state index contributed by atoms with van der Waals surface area (Å²) in [5.74, 6) is -0.0512. The number of piperidine rings is 1. The van der Waals surface area contributed by atoms with Crippen LogP contribution in [0.25, 0.3) is 0 Å². The van der Waals surface area contributed by atoms with E-state index >= 15 is 0 Å². The van der Waals surface area contributed by atoms with Crippen LogP contribution in [0, 0.1) is 11.7 Å². The van der Waals surface area contributed by atoms with E-state index in [2.05, 4.69) is 5.32 Å². The van der Waals surface area contributed by atoms with Crippen LogP contribution in [-0.4, -0.2) is 38.3 Å². The number of ether oxygens (including phenoxy) is 1. The molecule has 0 aromatic heterocycles. The summed E-state index contributed by atoms with van der Waals surface area (Å²) in [5, 5.41) is 3.03. The molecule has 1 atom stereocenters. The second-order valence-corrected chi connectivity index (χ2v) is 9.76. The Bertz CT molecular complexity index is 970. The van der Waals surface area contributed by atoms with Crippen LogP contribution in [0.2, 0.25) is 0 Å². The van der Waals surface area contributed by atoms with Crippen molar-refractivity contribution in [2.45, 2.75) is 38.5 Å². The summed E-state index contributed by atoms with van der Waals surface area (Å²) in [6, 6.07) is 13.0. The summed E-state index contributed by atoms with van der Waals surface area (Å²) in [7, 11) is -3.51. The third kappa shape index (κ3) is 6.27. The molecule has 1 amide bonds. The van der Waals surface area contributed by atoms with Gasteiger partial charge in [-0.15, -0.1) is 0 Å². The first-order valence-corrected chi connectivity index (χ1v) is 12.1. The second-order valence-electron chi connectivity index (χ2n) is 7.79. The normalized spacial score (nSPS) is 16.6. The number of sulfonamides is 1. The first kappa shape index (κ1) is 23.2. The van der Waals surface area contributed by atoms with Gasteiger partial charge >= 0.3 is 0 Å². The van der Waals surface area contributed by atoms with Crippen LogP contribution in [0.15, 0.2) is 48.5 Å². The van der Waals surface area contributed by atoms with Gasteiger partial charge in [-0.05, 0) is 62.1 Å². The molecule has 2 aromatic carbocycles. The molecule has 0 saturated carbocycles. The van der Waals surface area contributed by atoms with E-state index in [4.69, 9.17) is 4.74 Å². The van der Waals surface area contributed by atoms with Crippen molar-refractivity contribution in [1.29, 1.82) is 0 Å². The minimum atomic E-state index is -3.51. The van der Waals surface area contributed by atoms with Crippen LogP contribution in [-0.2, 0) is 20.6 Å². The van der Waals surface area contributed by atoms with Crippen LogP contribution in [0.1, 0.15) is 43.9 Å². The van der Waals surface area contributed by atoms with Gasteiger partial charge < -0.3 is 10.1 Å². The third-order valence-electron chi connectivity index (χ3n) is 5.53. The van der Waals surface area contributed by atoms with Crippen molar-refractivity contribution < 1.29 is 22.3 Å². The van der Waals surface area contributed by atoms with Gasteiger partial charge in [0.25, 0.3) is 0 Å². The molecule has 1 fully saturated rings. The Morgan fingerprint density at radius 3 is 2.32 bits per heavy atom. The van der Waals surface area contributed by atoms with Gasteiger partial charge in [-0.1, -0.05) is 24.3 Å². The Labute approximate surface area is 183 Å². The minimum absolute atomic E-state index is 0.0584. The molecule has 1 heterocycles. The number of rotatable bonds is 8. The molecule has 0 radical (unpaired) electrons. The summed E-state index contributed by atoms with van der Waals surface area (Å²) >= 11 is 0. The van der Waals surface area contributed by atoms with E-state index in [0.717, 1.165) is 11.3 Å². The van der Waals surface area contributed by atoms with Gasteiger partial charge in [0, 0.05) is 19.0 Å². The van der Waals surface area contributed by atoms with Gasteiger partial charge in [-0.3, -0.25) is 4.79 Å². The summed E-state index contributed by atoms with van der Waals surface area (Å²) in [4.78, 5) is 12.7. The van der Waals surface area contributed by atoms with E-state index in [0.29, 0.717) is 38.1 Å². The number of halogens is 1. The molecule has 1 unspecified atom stereocenters. The van der Waals surface area contributed by atoms with Crippen molar-refractivity contribution in [3.63, 3.8) is 0 Å². The number of carbonyl (C=O) groups excluding carboxylic acids is 1. The van der Waals surface area contributed by atoms with Crippen LogP contribution >= 0.6 is 0 Å². The van der Waals surface area contributed by atoms with E-state index in [1.54, 1.807) is 0 Å². The highest BCUT2D eigenvalue weighted by Crippen LogP contribution is 2.24. The fourth-order valence-electron chi connectivity index (χ4n) is 3.71. The van der Waals surface area contributed by atoms with Crippen LogP contribution in [0.5, 0.6) is 5.75 Å². The van der Waals surface area contributed by atoms with Gasteiger partial charge in [0.2, 0.25) is 15.9 Å². The van der Waals surface area contributed by atoms with Gasteiger partial charge in [-0.25, -0.2) is 17.1 Å². The fourth-order valence-corrected chi connectivity index (χ4v) is 5.28. The smallest absolute Gasteiger partial charge is 0.223 e. The van der Waals surface area contributed by atoms with Gasteiger partial charge in [0.1, 0.15) is 11.6 Å². The maximum Gasteiger partial charge on any atom is 0.223 e. The summed E-state index contributed by atoms with van der Waals surface area (Å²) in [5.41, 5.74) is 1.53. The number of amides is 1. The zero-order valence-corrected chi connectivity index (χ0v) is 18.7. The van der Waals surface area contributed by atoms with Gasteiger partial charge in [0.05, 0.1) is 18.4 Å². The maximum absolute atomic E-state index is 13.0. The number of nitrogens with zero attached hydrogens (tertiary/aromatic N) is 1. The molecule has 0 bridgehead atoms. The highest BCUT2D eigenvalue weighted by molar-refractivity contribution is 7.88. The predicted molar refractivity (Wildman–Crippen MR) is 117 cm³/mol. The molecule has 0 aliphatic carbocycles. The van der Waals surface area contributed by atoms with Crippen LogP contribution in [0.4, 0.5) is 4.39 Å².